The van der Waals surface area contributed by atoms with E-state index in [2.05, 4.69) is 0 Å². The summed E-state index contributed by atoms with van der Waals surface area (Å²) in [5.74, 6) is -0.0777. The summed E-state index contributed by atoms with van der Waals surface area (Å²) in [6, 6.07) is 7.16. The van der Waals surface area contributed by atoms with Gasteiger partial charge in [-0.25, -0.2) is 0 Å². The lowest BCUT2D eigenvalue weighted by atomic mass is 9.75. The van der Waals surface area contributed by atoms with Crippen molar-refractivity contribution in [2.75, 3.05) is 54.5 Å². The van der Waals surface area contributed by atoms with E-state index in [1.807, 2.05) is 25.1 Å². The molecule has 0 spiro atoms. The molecule has 0 radical (unpaired) electrons. The normalized spacial score (nSPS) is 24.2. The highest BCUT2D eigenvalue weighted by Crippen LogP contribution is 2.41. The number of amides is 3. The predicted molar refractivity (Wildman–Crippen MR) is 116 cm³/mol. The van der Waals surface area contributed by atoms with Crippen molar-refractivity contribution >= 4 is 17.7 Å². The van der Waals surface area contributed by atoms with Crippen LogP contribution in [0.3, 0.4) is 0 Å². The highest BCUT2D eigenvalue weighted by atomic mass is 16.5. The van der Waals surface area contributed by atoms with Crippen LogP contribution in [0.25, 0.3) is 0 Å². The van der Waals surface area contributed by atoms with E-state index in [-0.39, 0.29) is 36.7 Å². The summed E-state index contributed by atoms with van der Waals surface area (Å²) in [5, 5.41) is 0. The number of carbonyl (C=O) groups is 3. The molecule has 0 aromatic heterocycles. The Morgan fingerprint density at radius 1 is 1.26 bits per heavy atom. The maximum Gasteiger partial charge on any atom is 0.240 e. The van der Waals surface area contributed by atoms with E-state index in [9.17, 15) is 14.4 Å². The Morgan fingerprint density at radius 3 is 2.71 bits per heavy atom. The van der Waals surface area contributed by atoms with E-state index < -0.39 is 5.41 Å². The molecule has 3 amide bonds. The number of nitrogens with zero attached hydrogens (tertiary/aromatic N) is 3. The zero-order valence-electron chi connectivity index (χ0n) is 18.9. The summed E-state index contributed by atoms with van der Waals surface area (Å²) in [5.41, 5.74) is -0.569. The van der Waals surface area contributed by atoms with Crippen molar-refractivity contribution in [2.24, 2.45) is 0 Å². The number of likely N-dealkylation sites (tertiary alicyclic amines) is 2. The maximum atomic E-state index is 13.6. The molecule has 1 aromatic carbocycles. The average Bonchev–Trinajstić information content (AvgIpc) is 3.02. The minimum absolute atomic E-state index is 0.00275. The number of likely N-dealkylation sites (N-methyl/N-ethyl adjacent to an activating group) is 1. The molecule has 31 heavy (non-hydrogen) atoms. The standard InChI is InChI=1S/C23H33N3O5/c1-24(2)11-12-26-21(28)15-23(22(26)29,17-7-5-8-18(13-17)30-3)14-20(27)25-10-6-9-19(16-25)31-4/h5,7-8,13,19H,6,9-12,14-16H2,1-4H3. The first kappa shape index (κ1) is 23.2. The largest absolute Gasteiger partial charge is 0.497 e. The van der Waals surface area contributed by atoms with Gasteiger partial charge in [-0.3, -0.25) is 19.3 Å². The Morgan fingerprint density at radius 2 is 2.03 bits per heavy atom. The maximum absolute atomic E-state index is 13.6. The van der Waals surface area contributed by atoms with E-state index >= 15 is 0 Å². The van der Waals surface area contributed by atoms with E-state index in [4.69, 9.17) is 9.47 Å². The van der Waals surface area contributed by atoms with Gasteiger partial charge in [0.05, 0.1) is 18.6 Å². The first-order valence-corrected chi connectivity index (χ1v) is 10.8. The number of methoxy groups -OCH3 is 2. The first-order chi connectivity index (χ1) is 14.8. The minimum atomic E-state index is -1.21. The summed E-state index contributed by atoms with van der Waals surface area (Å²) >= 11 is 0. The van der Waals surface area contributed by atoms with Gasteiger partial charge in [0.2, 0.25) is 17.7 Å². The van der Waals surface area contributed by atoms with Gasteiger partial charge in [-0.1, -0.05) is 12.1 Å². The topological polar surface area (TPSA) is 79.4 Å². The van der Waals surface area contributed by atoms with Gasteiger partial charge in [0.15, 0.2) is 0 Å². The summed E-state index contributed by atoms with van der Waals surface area (Å²) in [7, 11) is 7.00. The van der Waals surface area contributed by atoms with Crippen molar-refractivity contribution in [1.82, 2.24) is 14.7 Å². The number of carbonyl (C=O) groups excluding carboxylic acids is 3. The molecule has 0 aliphatic carbocycles. The van der Waals surface area contributed by atoms with Crippen LogP contribution in [-0.2, 0) is 24.5 Å². The Bertz CT molecular complexity index is 827. The molecule has 8 nitrogen and oxygen atoms in total. The van der Waals surface area contributed by atoms with Crippen molar-refractivity contribution in [1.29, 1.82) is 0 Å². The lowest BCUT2D eigenvalue weighted by Crippen LogP contribution is -2.48. The van der Waals surface area contributed by atoms with Crippen molar-refractivity contribution in [3.8, 4) is 5.75 Å². The van der Waals surface area contributed by atoms with Crippen LogP contribution in [-0.4, -0.2) is 93.0 Å². The number of hydrogen-bond acceptors (Lipinski definition) is 6. The number of benzene rings is 1. The fourth-order valence-electron chi connectivity index (χ4n) is 4.44. The van der Waals surface area contributed by atoms with Crippen molar-refractivity contribution < 1.29 is 23.9 Å². The van der Waals surface area contributed by atoms with E-state index in [0.29, 0.717) is 37.5 Å². The Labute approximate surface area is 184 Å². The molecule has 2 fully saturated rings. The number of rotatable bonds is 8. The zero-order chi connectivity index (χ0) is 22.6. The molecule has 0 N–H and O–H groups in total. The second-order valence-corrected chi connectivity index (χ2v) is 8.66. The molecule has 170 valence electrons. The number of imide groups is 1. The third kappa shape index (κ3) is 4.91. The second kappa shape index (κ2) is 9.78. The molecule has 2 aliphatic heterocycles. The van der Waals surface area contributed by atoms with Gasteiger partial charge in [0, 0.05) is 46.1 Å². The Balaban J connectivity index is 1.93. The first-order valence-electron chi connectivity index (χ1n) is 10.8. The van der Waals surface area contributed by atoms with Crippen LogP contribution >= 0.6 is 0 Å². The molecule has 3 rings (SSSR count). The highest BCUT2D eigenvalue weighted by molar-refractivity contribution is 6.10. The zero-order valence-corrected chi connectivity index (χ0v) is 18.9. The van der Waals surface area contributed by atoms with E-state index in [1.54, 1.807) is 37.3 Å². The Hall–Kier alpha value is -2.45. The van der Waals surface area contributed by atoms with Crippen molar-refractivity contribution in [3.05, 3.63) is 29.8 Å². The van der Waals surface area contributed by atoms with Gasteiger partial charge in [0.25, 0.3) is 0 Å². The number of piperidine rings is 1. The minimum Gasteiger partial charge on any atom is -0.497 e. The molecule has 2 atom stereocenters. The van der Waals surface area contributed by atoms with Crippen molar-refractivity contribution in [3.63, 3.8) is 0 Å². The second-order valence-electron chi connectivity index (χ2n) is 8.66. The number of hydrogen-bond donors (Lipinski definition) is 0. The molecule has 0 bridgehead atoms. The number of ether oxygens (including phenoxy) is 2. The van der Waals surface area contributed by atoms with Gasteiger partial charge in [-0.05, 0) is 44.6 Å². The molecular formula is C23H33N3O5. The fraction of sp³-hybridized carbons (Fsp3) is 0.609. The van der Waals surface area contributed by atoms with Crippen LogP contribution < -0.4 is 4.74 Å². The third-order valence-corrected chi connectivity index (χ3v) is 6.32. The fourth-order valence-corrected chi connectivity index (χ4v) is 4.44. The molecule has 2 heterocycles. The van der Waals surface area contributed by atoms with Gasteiger partial charge in [-0.15, -0.1) is 0 Å². The van der Waals surface area contributed by atoms with Crippen LogP contribution in [0.2, 0.25) is 0 Å². The molecule has 2 saturated heterocycles. The summed E-state index contributed by atoms with van der Waals surface area (Å²) in [6.45, 7) is 2.02. The van der Waals surface area contributed by atoms with Crippen LogP contribution in [0.1, 0.15) is 31.2 Å². The van der Waals surface area contributed by atoms with Gasteiger partial charge in [0.1, 0.15) is 5.75 Å². The quantitative estimate of drug-likeness (QED) is 0.577. The highest BCUT2D eigenvalue weighted by Gasteiger charge is 2.54. The lowest BCUT2D eigenvalue weighted by Gasteiger charge is -2.35. The van der Waals surface area contributed by atoms with Gasteiger partial charge < -0.3 is 19.3 Å². The SMILES string of the molecule is COc1cccc(C2(CC(=O)N3CCCC(OC)C3)CC(=O)N(CCN(C)C)C2=O)c1. The van der Waals surface area contributed by atoms with Gasteiger partial charge in [-0.2, -0.15) is 0 Å². The predicted octanol–water partition coefficient (Wildman–Crippen LogP) is 1.28. The van der Waals surface area contributed by atoms with Gasteiger partial charge >= 0.3 is 0 Å². The molecule has 1 aromatic rings. The van der Waals surface area contributed by atoms with Crippen LogP contribution in [0.4, 0.5) is 0 Å². The average molecular weight is 432 g/mol. The summed E-state index contributed by atoms with van der Waals surface area (Å²) in [6.07, 6.45) is 1.72. The Kier molecular flexibility index (Phi) is 7.33. The lowest BCUT2D eigenvalue weighted by molar-refractivity contribution is -0.143. The molecule has 8 heteroatoms. The summed E-state index contributed by atoms with van der Waals surface area (Å²) < 4.78 is 10.8. The van der Waals surface area contributed by atoms with E-state index in [1.165, 1.54) is 4.90 Å². The van der Waals surface area contributed by atoms with Crippen molar-refractivity contribution in [2.45, 2.75) is 37.2 Å². The third-order valence-electron chi connectivity index (χ3n) is 6.32. The molecular weight excluding hydrogens is 398 g/mol. The molecule has 0 saturated carbocycles. The van der Waals surface area contributed by atoms with Crippen LogP contribution in [0, 0.1) is 0 Å². The van der Waals surface area contributed by atoms with Crippen LogP contribution in [0.5, 0.6) is 5.75 Å². The van der Waals surface area contributed by atoms with E-state index in [0.717, 1.165) is 12.8 Å². The molecule has 2 aliphatic rings. The monoisotopic (exact) mass is 431 g/mol. The smallest absolute Gasteiger partial charge is 0.240 e. The summed E-state index contributed by atoms with van der Waals surface area (Å²) in [4.78, 5) is 44.9. The molecule has 2 unspecified atom stereocenters. The van der Waals surface area contributed by atoms with Crippen LogP contribution in [0.15, 0.2) is 24.3 Å².